The third-order valence-corrected chi connectivity index (χ3v) is 3.50. The zero-order chi connectivity index (χ0) is 13.2. The fourth-order valence-electron chi connectivity index (χ4n) is 2.77. The molecule has 18 heavy (non-hydrogen) atoms. The maximum atomic E-state index is 11.2. The largest absolute Gasteiger partial charge is 0.459 e. The third-order valence-electron chi connectivity index (χ3n) is 3.50. The van der Waals surface area contributed by atoms with Gasteiger partial charge in [0.1, 0.15) is 5.60 Å². The average Bonchev–Trinajstić information content (AvgIpc) is 2.57. The number of rotatable bonds is 3. The first-order valence-corrected chi connectivity index (χ1v) is 6.29. The molecule has 0 aromatic rings. The van der Waals surface area contributed by atoms with Crippen molar-refractivity contribution in [3.8, 4) is 0 Å². The number of ether oxygens (including phenoxy) is 2. The predicted octanol–water partition coefficient (Wildman–Crippen LogP) is 1.44. The number of carbonyl (C=O) groups is 2. The SMILES string of the molecule is CC(=O)OC1(CC2=CC(=O)OC2O)CCCCC1. The maximum Gasteiger partial charge on any atom is 0.333 e. The lowest BCUT2D eigenvalue weighted by Gasteiger charge is -2.37. The Labute approximate surface area is 106 Å². The van der Waals surface area contributed by atoms with Gasteiger partial charge in [-0.1, -0.05) is 6.42 Å². The van der Waals surface area contributed by atoms with Gasteiger partial charge < -0.3 is 14.6 Å². The summed E-state index contributed by atoms with van der Waals surface area (Å²) in [6.07, 6.45) is 5.13. The summed E-state index contributed by atoms with van der Waals surface area (Å²) < 4.78 is 10.1. The predicted molar refractivity (Wildman–Crippen MR) is 62.4 cm³/mol. The Morgan fingerprint density at radius 3 is 2.67 bits per heavy atom. The highest BCUT2D eigenvalue weighted by Gasteiger charge is 2.39. The highest BCUT2D eigenvalue weighted by atomic mass is 16.6. The Morgan fingerprint density at radius 2 is 2.17 bits per heavy atom. The van der Waals surface area contributed by atoms with Crippen LogP contribution in [0.2, 0.25) is 0 Å². The molecule has 2 rings (SSSR count). The van der Waals surface area contributed by atoms with E-state index in [1.807, 2.05) is 0 Å². The number of hydrogen-bond acceptors (Lipinski definition) is 5. The average molecular weight is 254 g/mol. The first-order valence-electron chi connectivity index (χ1n) is 6.29. The van der Waals surface area contributed by atoms with E-state index in [-0.39, 0.29) is 5.97 Å². The molecule has 0 aromatic carbocycles. The van der Waals surface area contributed by atoms with Crippen LogP contribution in [0.5, 0.6) is 0 Å². The second-order valence-corrected chi connectivity index (χ2v) is 5.02. The van der Waals surface area contributed by atoms with E-state index >= 15 is 0 Å². The number of aliphatic hydroxyl groups excluding tert-OH is 1. The van der Waals surface area contributed by atoms with Crippen LogP contribution in [0.25, 0.3) is 0 Å². The number of hydrogen-bond donors (Lipinski definition) is 1. The van der Waals surface area contributed by atoms with E-state index in [2.05, 4.69) is 4.74 Å². The van der Waals surface area contributed by atoms with Crippen molar-refractivity contribution in [2.24, 2.45) is 0 Å². The Bertz CT molecular complexity index is 379. The van der Waals surface area contributed by atoms with Crippen molar-refractivity contribution in [2.45, 2.75) is 57.3 Å². The van der Waals surface area contributed by atoms with Gasteiger partial charge in [0.05, 0.1) is 0 Å². The second-order valence-electron chi connectivity index (χ2n) is 5.02. The zero-order valence-corrected chi connectivity index (χ0v) is 10.5. The van der Waals surface area contributed by atoms with E-state index in [0.717, 1.165) is 32.1 Å². The minimum absolute atomic E-state index is 0.322. The Hall–Kier alpha value is -1.36. The van der Waals surface area contributed by atoms with Crippen molar-refractivity contribution in [2.75, 3.05) is 0 Å². The Morgan fingerprint density at radius 1 is 1.50 bits per heavy atom. The molecule has 0 aromatic heterocycles. The molecular weight excluding hydrogens is 236 g/mol. The lowest BCUT2D eigenvalue weighted by molar-refractivity contribution is -0.163. The van der Waals surface area contributed by atoms with Crippen LogP contribution in [0.3, 0.4) is 0 Å². The fraction of sp³-hybridized carbons (Fsp3) is 0.692. The van der Waals surface area contributed by atoms with Crippen LogP contribution in [0.4, 0.5) is 0 Å². The van der Waals surface area contributed by atoms with E-state index in [4.69, 9.17) is 4.74 Å². The summed E-state index contributed by atoms with van der Waals surface area (Å²) >= 11 is 0. The molecule has 0 saturated heterocycles. The van der Waals surface area contributed by atoms with Gasteiger partial charge in [0.25, 0.3) is 0 Å². The van der Waals surface area contributed by atoms with E-state index < -0.39 is 17.9 Å². The molecule has 1 fully saturated rings. The number of cyclic esters (lactones) is 1. The number of esters is 2. The van der Waals surface area contributed by atoms with E-state index in [1.54, 1.807) is 0 Å². The molecule has 1 aliphatic carbocycles. The minimum Gasteiger partial charge on any atom is -0.459 e. The van der Waals surface area contributed by atoms with Crippen LogP contribution >= 0.6 is 0 Å². The van der Waals surface area contributed by atoms with Crippen molar-refractivity contribution < 1.29 is 24.2 Å². The highest BCUT2D eigenvalue weighted by Crippen LogP contribution is 2.38. The quantitative estimate of drug-likeness (QED) is 0.771. The molecule has 2 aliphatic rings. The van der Waals surface area contributed by atoms with Crippen LogP contribution in [0.15, 0.2) is 11.6 Å². The van der Waals surface area contributed by atoms with Gasteiger partial charge in [-0.3, -0.25) is 4.79 Å². The van der Waals surface area contributed by atoms with E-state index in [1.165, 1.54) is 13.0 Å². The van der Waals surface area contributed by atoms with Crippen molar-refractivity contribution in [1.82, 2.24) is 0 Å². The first-order chi connectivity index (χ1) is 8.51. The van der Waals surface area contributed by atoms with Crippen molar-refractivity contribution in [1.29, 1.82) is 0 Å². The lowest BCUT2D eigenvalue weighted by atomic mass is 9.80. The summed E-state index contributed by atoms with van der Waals surface area (Å²) in [5.74, 6) is -0.858. The number of aliphatic hydroxyl groups is 1. The second kappa shape index (κ2) is 5.10. The molecule has 1 heterocycles. The molecule has 0 spiro atoms. The lowest BCUT2D eigenvalue weighted by Crippen LogP contribution is -2.38. The van der Waals surface area contributed by atoms with Crippen LogP contribution < -0.4 is 0 Å². The smallest absolute Gasteiger partial charge is 0.333 e. The molecule has 1 unspecified atom stereocenters. The number of carbonyl (C=O) groups excluding carboxylic acids is 2. The molecule has 1 aliphatic heterocycles. The molecule has 100 valence electrons. The van der Waals surface area contributed by atoms with E-state index in [9.17, 15) is 14.7 Å². The van der Waals surface area contributed by atoms with Gasteiger partial charge in [-0.15, -0.1) is 0 Å². The van der Waals surface area contributed by atoms with Crippen LogP contribution in [0.1, 0.15) is 45.4 Å². The molecule has 5 heteroatoms. The molecule has 0 amide bonds. The van der Waals surface area contributed by atoms with Crippen LogP contribution in [-0.2, 0) is 19.1 Å². The summed E-state index contributed by atoms with van der Waals surface area (Å²) in [5.41, 5.74) is -0.0756. The molecule has 0 radical (unpaired) electrons. The van der Waals surface area contributed by atoms with Crippen LogP contribution in [0, 0.1) is 0 Å². The summed E-state index contributed by atoms with van der Waals surface area (Å²) in [5, 5.41) is 9.59. The molecule has 0 bridgehead atoms. The third kappa shape index (κ3) is 2.90. The summed E-state index contributed by atoms with van der Waals surface area (Å²) in [7, 11) is 0. The topological polar surface area (TPSA) is 72.8 Å². The van der Waals surface area contributed by atoms with Gasteiger partial charge in [-0.25, -0.2) is 4.79 Å². The standard InChI is InChI=1S/C13H18O5/c1-9(14)18-13(5-3-2-4-6-13)8-10-7-11(15)17-12(10)16/h7,12,16H,2-6,8H2,1H3. The van der Waals surface area contributed by atoms with Gasteiger partial charge in [-0.2, -0.15) is 0 Å². The molecule has 1 atom stereocenters. The van der Waals surface area contributed by atoms with Crippen molar-refractivity contribution in [3.05, 3.63) is 11.6 Å². The monoisotopic (exact) mass is 254 g/mol. The minimum atomic E-state index is -1.19. The van der Waals surface area contributed by atoms with Gasteiger partial charge >= 0.3 is 11.9 Å². The molecule has 5 nitrogen and oxygen atoms in total. The molecule has 1 N–H and O–H groups in total. The van der Waals surface area contributed by atoms with Crippen molar-refractivity contribution >= 4 is 11.9 Å². The summed E-state index contributed by atoms with van der Waals surface area (Å²) in [6.45, 7) is 1.39. The molecular formula is C13H18O5. The molecule has 1 saturated carbocycles. The Balaban J connectivity index is 2.12. The zero-order valence-electron chi connectivity index (χ0n) is 10.5. The van der Waals surface area contributed by atoms with E-state index in [0.29, 0.717) is 12.0 Å². The maximum absolute atomic E-state index is 11.2. The van der Waals surface area contributed by atoms with Gasteiger partial charge in [-0.05, 0) is 25.7 Å². The van der Waals surface area contributed by atoms with Gasteiger partial charge in [0, 0.05) is 25.0 Å². The highest BCUT2D eigenvalue weighted by molar-refractivity contribution is 5.85. The van der Waals surface area contributed by atoms with Gasteiger partial charge in [0.2, 0.25) is 6.29 Å². The summed E-state index contributed by atoms with van der Waals surface area (Å²) in [4.78, 5) is 22.3. The van der Waals surface area contributed by atoms with Crippen molar-refractivity contribution in [3.63, 3.8) is 0 Å². The normalized spacial score (nSPS) is 26.4. The first kappa shape index (κ1) is 13.1. The fourth-order valence-corrected chi connectivity index (χ4v) is 2.77. The van der Waals surface area contributed by atoms with Gasteiger partial charge in [0.15, 0.2) is 0 Å². The van der Waals surface area contributed by atoms with Crippen LogP contribution in [-0.4, -0.2) is 28.9 Å². The Kier molecular flexibility index (Phi) is 3.71. The summed E-state index contributed by atoms with van der Waals surface area (Å²) in [6, 6.07) is 0.